The molecule has 0 spiro atoms. The molecule has 8 unspecified atom stereocenters. The van der Waals surface area contributed by atoms with Crippen LogP contribution in [0.2, 0.25) is 0 Å². The van der Waals surface area contributed by atoms with Gasteiger partial charge in [-0.3, -0.25) is 30.3 Å². The van der Waals surface area contributed by atoms with E-state index in [1.54, 1.807) is 126 Å². The number of benzene rings is 9. The quantitative estimate of drug-likeness (QED) is 0.0110. The average molecular weight is 1590 g/mol. The number of hydrogen-bond donors (Lipinski definition) is 6. The van der Waals surface area contributed by atoms with Crippen molar-refractivity contribution in [2.45, 2.75) is 84.5 Å². The number of hydrazine groups is 2. The van der Waals surface area contributed by atoms with Crippen LogP contribution >= 0.6 is 24.2 Å². The van der Waals surface area contributed by atoms with Gasteiger partial charge in [0.1, 0.15) is 28.7 Å². The normalized spacial score (nSPS) is 20.2. The number of aromatic amines is 1. The van der Waals surface area contributed by atoms with E-state index in [1.807, 2.05) is 151 Å². The van der Waals surface area contributed by atoms with Crippen LogP contribution in [-0.2, 0) is 40.8 Å². The number of ether oxygens (including phenoxy) is 12. The van der Waals surface area contributed by atoms with Gasteiger partial charge in [-0.15, -0.1) is 24.2 Å². The SMILES string of the molecule is COc1ccc(OCC2(c3ccccc3)CC2C(=O)NN)cc1OC.COc1ccc(OCC2(c3ccccc3)CC2C(=O)NNC(=O)OC(C)(C)C)cc1OC.COc1ccc(OCC2(c3ccccc3)CC2C(=O)O)cc1OC.COc1ccc(SCC2(c3ccccc3)CC2c2nc(-c3ccccc3)n[nH]2)cc1OC.Cl. The Labute approximate surface area is 674 Å². The predicted octanol–water partition coefficient (Wildman–Crippen LogP) is 14.9. The number of aromatic nitrogens is 3. The number of rotatable bonds is 29. The monoisotopic (exact) mass is 1590 g/mol. The molecule has 600 valence electrons. The zero-order chi connectivity index (χ0) is 80.3. The van der Waals surface area contributed by atoms with Crippen LogP contribution in [-0.4, -0.2) is 132 Å². The molecule has 1 aromatic heterocycles. The number of H-pyrrole nitrogens is 1. The highest BCUT2D eigenvalue weighted by molar-refractivity contribution is 7.99. The van der Waals surface area contributed by atoms with Gasteiger partial charge in [0.15, 0.2) is 51.8 Å². The Morgan fingerprint density at radius 3 is 1.19 bits per heavy atom. The number of nitrogens with zero attached hydrogens (tertiary/aromatic N) is 2. The summed E-state index contributed by atoms with van der Waals surface area (Å²) >= 11 is 1.84. The maximum Gasteiger partial charge on any atom is 0.426 e. The first-order valence-electron chi connectivity index (χ1n) is 36.8. The molecule has 0 aliphatic heterocycles. The van der Waals surface area contributed by atoms with Crippen molar-refractivity contribution in [2.24, 2.45) is 23.6 Å². The van der Waals surface area contributed by atoms with Crippen molar-refractivity contribution in [1.82, 2.24) is 31.5 Å². The second-order valence-electron chi connectivity index (χ2n) is 28.7. The first-order chi connectivity index (χ1) is 54.7. The molecule has 9 aromatic carbocycles. The molecule has 0 radical (unpaired) electrons. The van der Waals surface area contributed by atoms with Crippen LogP contribution in [0.25, 0.3) is 11.4 Å². The molecule has 4 aliphatic carbocycles. The van der Waals surface area contributed by atoms with Crippen molar-refractivity contribution in [3.63, 3.8) is 0 Å². The topological polar surface area (TPSA) is 303 Å². The van der Waals surface area contributed by atoms with E-state index in [2.05, 4.69) is 62.9 Å². The lowest BCUT2D eigenvalue weighted by molar-refractivity contribution is -0.139. The summed E-state index contributed by atoms with van der Waals surface area (Å²) in [6, 6.07) is 72.3. The minimum atomic E-state index is -0.783. The first kappa shape index (κ1) is 84.6. The van der Waals surface area contributed by atoms with Crippen LogP contribution in [0.1, 0.15) is 80.5 Å². The summed E-state index contributed by atoms with van der Waals surface area (Å²) in [5.74, 6) is 13.1. The second kappa shape index (κ2) is 38.1. The van der Waals surface area contributed by atoms with E-state index in [0.717, 1.165) is 62.5 Å². The number of aliphatic carboxylic acids is 1. The zero-order valence-electron chi connectivity index (χ0n) is 65.6. The molecule has 14 rings (SSSR count). The Morgan fingerprint density at radius 2 is 0.816 bits per heavy atom. The molecule has 10 aromatic rings. The summed E-state index contributed by atoms with van der Waals surface area (Å²) in [6.07, 6.45) is 2.21. The van der Waals surface area contributed by atoms with E-state index in [0.29, 0.717) is 90.1 Å². The number of nitrogens with one attached hydrogen (secondary N) is 4. The number of amides is 3. The molecule has 114 heavy (non-hydrogen) atoms. The Hall–Kier alpha value is -11.8. The molecule has 0 saturated heterocycles. The van der Waals surface area contributed by atoms with Crippen molar-refractivity contribution in [3.8, 4) is 74.6 Å². The fourth-order valence-corrected chi connectivity index (χ4v) is 15.4. The highest BCUT2D eigenvalue weighted by Gasteiger charge is 2.62. The summed E-state index contributed by atoms with van der Waals surface area (Å²) in [7, 11) is 12.8. The van der Waals surface area contributed by atoms with Crippen molar-refractivity contribution in [3.05, 3.63) is 253 Å². The van der Waals surface area contributed by atoms with E-state index < -0.39 is 34.4 Å². The maximum absolute atomic E-state index is 12.8. The number of carboxylic acids is 1. The average Bonchev–Trinajstić information content (AvgIpc) is 1.58. The summed E-state index contributed by atoms with van der Waals surface area (Å²) in [5.41, 5.74) is 10.5. The van der Waals surface area contributed by atoms with Crippen LogP contribution in [0.5, 0.6) is 63.2 Å². The third-order valence-electron chi connectivity index (χ3n) is 20.7. The number of hydrogen-bond acceptors (Lipinski definition) is 20. The summed E-state index contributed by atoms with van der Waals surface area (Å²) in [5, 5.41) is 17.1. The second-order valence-corrected chi connectivity index (χ2v) is 29.8. The van der Waals surface area contributed by atoms with Gasteiger partial charge in [-0.25, -0.2) is 21.0 Å². The number of carbonyl (C=O) groups is 4. The first-order valence-corrected chi connectivity index (χ1v) is 37.8. The van der Waals surface area contributed by atoms with Gasteiger partial charge < -0.3 is 61.9 Å². The van der Waals surface area contributed by atoms with Gasteiger partial charge in [0.25, 0.3) is 0 Å². The number of methoxy groups -OCH3 is 8. The number of halogens is 1. The number of thioether (sulfide) groups is 1. The van der Waals surface area contributed by atoms with Crippen LogP contribution < -0.4 is 74.2 Å². The van der Waals surface area contributed by atoms with Gasteiger partial charge in [-0.05, 0) is 123 Å². The van der Waals surface area contributed by atoms with Crippen molar-refractivity contribution < 1.29 is 81.1 Å². The summed E-state index contributed by atoms with van der Waals surface area (Å²) < 4.78 is 65.6. The van der Waals surface area contributed by atoms with Gasteiger partial charge in [0.2, 0.25) is 11.8 Å². The summed E-state index contributed by atoms with van der Waals surface area (Å²) in [6.45, 7) is 6.23. The summed E-state index contributed by atoms with van der Waals surface area (Å²) in [4.78, 5) is 54.2. The van der Waals surface area contributed by atoms with Crippen molar-refractivity contribution in [1.29, 1.82) is 0 Å². The maximum atomic E-state index is 12.8. The minimum Gasteiger partial charge on any atom is -0.493 e. The van der Waals surface area contributed by atoms with Crippen LogP contribution in [0.4, 0.5) is 4.79 Å². The molecule has 4 saturated carbocycles. The molecule has 3 amide bonds. The molecule has 8 atom stereocenters. The van der Waals surface area contributed by atoms with Gasteiger partial charge >= 0.3 is 12.1 Å². The Balaban J connectivity index is 0.000000162. The largest absolute Gasteiger partial charge is 0.493 e. The Bertz CT molecular complexity index is 4840. The lowest BCUT2D eigenvalue weighted by atomic mass is 9.94. The molecule has 24 nitrogen and oxygen atoms in total. The van der Waals surface area contributed by atoms with Gasteiger partial charge in [-0.2, -0.15) is 5.10 Å². The molecule has 26 heteroatoms. The Kier molecular flexibility index (Phi) is 28.3. The third kappa shape index (κ3) is 20.2. The van der Waals surface area contributed by atoms with Crippen molar-refractivity contribution in [2.75, 3.05) is 82.5 Å². The highest BCUT2D eigenvalue weighted by Crippen LogP contribution is 2.62. The van der Waals surface area contributed by atoms with Crippen LogP contribution in [0.15, 0.2) is 229 Å². The molecular weight excluding hydrogens is 1490 g/mol. The van der Waals surface area contributed by atoms with E-state index >= 15 is 0 Å². The standard InChI is InChI=1S/C26H25N3O2S.C24H30N2O6.C19H22N2O4.C19H20O5.ClH/c1-30-22-14-13-20(15-23(22)31-2)32-17-26(19-11-7-4-8-12-19)16-21(26)25-27-24(28-29-25)18-9-5-3-6-10-18;1-23(2,3)32-22(28)26-25-21(27)18-14-24(18,16-9-7-6-8-10-16)15-31-17-11-12-19(29-4)20(13-17)30-5;1-23-16-9-8-14(10-17(16)24-2)25-12-19(11-15(19)18(22)21-20)13-6-4-3-5-7-13;1-22-16-9-8-14(10-17(16)23-2)24-12-19(11-15(19)18(20)21)13-6-4-3-5-7-13;/h3-15,21H,16-17H2,1-2H3,(H,27,28,29);6-13,18H,14-15H2,1-5H3,(H,25,27)(H,26,28);3-10,15H,11-12,20H2,1-2H3,(H,21,22);3-10,15H,11-12H2,1-2H3,(H,20,21);1H. The van der Waals surface area contributed by atoms with Gasteiger partial charge in [0, 0.05) is 62.0 Å². The molecule has 1 heterocycles. The molecule has 4 fully saturated rings. The lowest BCUT2D eigenvalue weighted by Gasteiger charge is -2.21. The highest BCUT2D eigenvalue weighted by atomic mass is 35.5. The van der Waals surface area contributed by atoms with Crippen molar-refractivity contribution >= 4 is 48.0 Å². The van der Waals surface area contributed by atoms with E-state index in [9.17, 15) is 24.3 Å². The molecule has 0 bridgehead atoms. The smallest absolute Gasteiger partial charge is 0.426 e. The fraction of sp³-hybridized carbons (Fsp3) is 0.318. The van der Waals surface area contributed by atoms with Crippen LogP contribution in [0.3, 0.4) is 0 Å². The zero-order valence-corrected chi connectivity index (χ0v) is 67.2. The number of nitrogens with two attached hydrogens (primary N) is 1. The molecule has 7 N–H and O–H groups in total. The predicted molar refractivity (Wildman–Crippen MR) is 436 cm³/mol. The fourth-order valence-electron chi connectivity index (χ4n) is 14.1. The van der Waals surface area contributed by atoms with E-state index in [4.69, 9.17) is 67.7 Å². The van der Waals surface area contributed by atoms with E-state index in [1.165, 1.54) is 5.56 Å². The number of carboxylic acid groups (broad SMARTS) is 1. The van der Waals surface area contributed by atoms with E-state index in [-0.39, 0.29) is 53.5 Å². The third-order valence-corrected chi connectivity index (χ3v) is 22.0. The Morgan fingerprint density at radius 1 is 0.456 bits per heavy atom. The van der Waals surface area contributed by atoms with Gasteiger partial charge in [-0.1, -0.05) is 152 Å². The minimum absolute atomic E-state index is 0. The molecule has 4 aliphatic rings. The number of carbonyl (C=O) groups excluding carboxylic acids is 3. The van der Waals surface area contributed by atoms with Gasteiger partial charge in [0.05, 0.1) is 94.5 Å². The molecular formula is C88H98ClN7O17S. The lowest BCUT2D eigenvalue weighted by Crippen LogP contribution is -2.46. The van der Waals surface area contributed by atoms with Crippen LogP contribution in [0, 0.1) is 17.8 Å².